The highest BCUT2D eigenvalue weighted by atomic mass is 16.5. The molecule has 2 N–H and O–H groups in total. The van der Waals surface area contributed by atoms with Gasteiger partial charge >= 0.3 is 0 Å². The maximum Gasteiger partial charge on any atom is 0.239 e. The molecule has 3 fully saturated rings. The van der Waals surface area contributed by atoms with E-state index in [0.29, 0.717) is 19.1 Å². The topological polar surface area (TPSA) is 102 Å². The number of nitrogens with one attached hydrogen (secondary N) is 2. The Kier molecular flexibility index (Phi) is 6.58. The third-order valence-electron chi connectivity index (χ3n) is 10.1. The second-order valence-corrected chi connectivity index (χ2v) is 12.7. The second-order valence-electron chi connectivity index (χ2n) is 12.7. The van der Waals surface area contributed by atoms with Crippen LogP contribution < -0.4 is 15.5 Å². The van der Waals surface area contributed by atoms with Crippen molar-refractivity contribution in [3.63, 3.8) is 0 Å². The van der Waals surface area contributed by atoms with E-state index in [9.17, 15) is 4.79 Å². The molecule has 2 bridgehead atoms. The monoisotopic (exact) mass is 546 g/mol. The zero-order valence-corrected chi connectivity index (χ0v) is 24.1. The molecule has 2 saturated carbocycles. The SMILES string of the molecule is Cc1cc(N2CCc3c(c(C)nn3CC34CCCC(C3)C(NC(=O)[C@H]3COCCN3)CC4)C2)c2cnn(C)c2n1. The van der Waals surface area contributed by atoms with E-state index in [2.05, 4.69) is 45.2 Å². The number of ether oxygens (including phenoxy) is 1. The molecule has 7 rings (SSSR count). The standard InChI is InChI=1S/C30H42N8O2/c1-19-13-27(22-15-32-36(3)28(22)33-19)37-11-7-26-23(16-37)20(2)35-38(26)18-30-8-4-5-21(14-30)24(6-9-30)34-29(39)25-17-40-12-10-31-25/h13,15,21,24-25,31H,4-12,14,16-18H2,1-3H3,(H,34,39)/t21?,24?,25-,30?/m1/s1. The third kappa shape index (κ3) is 4.59. The summed E-state index contributed by atoms with van der Waals surface area (Å²) in [5, 5.41) is 17.4. The summed E-state index contributed by atoms with van der Waals surface area (Å²) >= 11 is 0. The zero-order chi connectivity index (χ0) is 27.4. The number of aromatic nitrogens is 5. The average molecular weight is 547 g/mol. The van der Waals surface area contributed by atoms with Gasteiger partial charge in [0, 0.05) is 62.6 Å². The van der Waals surface area contributed by atoms with Crippen LogP contribution in [0.3, 0.4) is 0 Å². The summed E-state index contributed by atoms with van der Waals surface area (Å²) in [5.74, 6) is 0.660. The van der Waals surface area contributed by atoms with Gasteiger partial charge in [-0.2, -0.15) is 10.2 Å². The van der Waals surface area contributed by atoms with Gasteiger partial charge in [-0.25, -0.2) is 4.98 Å². The Bertz CT molecular complexity index is 1420. The van der Waals surface area contributed by atoms with Crippen molar-refractivity contribution in [2.45, 2.75) is 84.0 Å². The van der Waals surface area contributed by atoms with Crippen LogP contribution in [0.25, 0.3) is 11.0 Å². The summed E-state index contributed by atoms with van der Waals surface area (Å²) in [6.07, 6.45) is 10.0. The summed E-state index contributed by atoms with van der Waals surface area (Å²) < 4.78 is 9.75. The van der Waals surface area contributed by atoms with Crippen LogP contribution in [0.1, 0.15) is 61.2 Å². The number of carbonyl (C=O) groups excluding carboxylic acids is 1. The fourth-order valence-electron chi connectivity index (χ4n) is 8.00. The number of anilines is 1. The molecule has 0 spiro atoms. The molecule has 3 aromatic heterocycles. The number of rotatable bonds is 5. The molecule has 5 heterocycles. The van der Waals surface area contributed by atoms with Gasteiger partial charge < -0.3 is 20.3 Å². The molecule has 3 aromatic rings. The molecule has 10 nitrogen and oxygen atoms in total. The molecule has 1 amide bonds. The van der Waals surface area contributed by atoms with Gasteiger partial charge in [0.05, 0.1) is 36.2 Å². The largest absolute Gasteiger partial charge is 0.378 e. The lowest BCUT2D eigenvalue weighted by Crippen LogP contribution is -2.56. The molecule has 1 saturated heterocycles. The van der Waals surface area contributed by atoms with E-state index in [1.807, 2.05) is 17.9 Å². The lowest BCUT2D eigenvalue weighted by molar-refractivity contribution is -0.128. The highest BCUT2D eigenvalue weighted by Gasteiger charge is 2.45. The minimum Gasteiger partial charge on any atom is -0.378 e. The summed E-state index contributed by atoms with van der Waals surface area (Å²) in [6, 6.07) is 2.26. The molecular formula is C30H42N8O2. The lowest BCUT2D eigenvalue weighted by atomic mass is 9.60. The minimum absolute atomic E-state index is 0.108. The van der Waals surface area contributed by atoms with E-state index in [0.717, 1.165) is 67.9 Å². The van der Waals surface area contributed by atoms with Crippen molar-refractivity contribution in [1.29, 1.82) is 0 Å². The number of hydrogen-bond acceptors (Lipinski definition) is 7. The van der Waals surface area contributed by atoms with Crippen LogP contribution in [-0.4, -0.2) is 68.8 Å². The third-order valence-corrected chi connectivity index (χ3v) is 10.1. The number of nitrogens with zero attached hydrogens (tertiary/aromatic N) is 6. The van der Waals surface area contributed by atoms with E-state index in [-0.39, 0.29) is 23.4 Å². The first-order chi connectivity index (χ1) is 19.4. The van der Waals surface area contributed by atoms with E-state index in [4.69, 9.17) is 14.8 Å². The van der Waals surface area contributed by atoms with Gasteiger partial charge in [-0.3, -0.25) is 14.2 Å². The molecule has 0 radical (unpaired) electrons. The van der Waals surface area contributed by atoms with Crippen molar-refractivity contribution < 1.29 is 9.53 Å². The van der Waals surface area contributed by atoms with Gasteiger partial charge in [0.15, 0.2) is 5.65 Å². The van der Waals surface area contributed by atoms with Crippen LogP contribution in [0.4, 0.5) is 5.69 Å². The Labute approximate surface area is 235 Å². The van der Waals surface area contributed by atoms with Crippen LogP contribution in [0.5, 0.6) is 0 Å². The Hall–Kier alpha value is -2.98. The Morgan fingerprint density at radius 3 is 3.02 bits per heavy atom. The van der Waals surface area contributed by atoms with Gasteiger partial charge in [0.2, 0.25) is 5.91 Å². The minimum atomic E-state index is -0.215. The number of morpholine rings is 1. The molecule has 0 aromatic carbocycles. The first-order valence-corrected chi connectivity index (χ1v) is 15.1. The first-order valence-electron chi connectivity index (χ1n) is 15.1. The summed E-state index contributed by atoms with van der Waals surface area (Å²) in [5.41, 5.74) is 7.41. The first kappa shape index (κ1) is 26.0. The van der Waals surface area contributed by atoms with Crippen molar-refractivity contribution in [3.05, 3.63) is 34.9 Å². The number of aryl methyl sites for hydroxylation is 3. The molecule has 4 aliphatic rings. The van der Waals surface area contributed by atoms with Gasteiger partial charge in [-0.05, 0) is 63.4 Å². The van der Waals surface area contributed by atoms with Gasteiger partial charge in [0.1, 0.15) is 6.04 Å². The molecule has 10 heteroatoms. The van der Waals surface area contributed by atoms with E-state index in [1.165, 1.54) is 42.6 Å². The van der Waals surface area contributed by atoms with Crippen molar-refractivity contribution in [1.82, 2.24) is 35.2 Å². The van der Waals surface area contributed by atoms with E-state index >= 15 is 0 Å². The van der Waals surface area contributed by atoms with Crippen LogP contribution in [0, 0.1) is 25.2 Å². The zero-order valence-electron chi connectivity index (χ0n) is 24.1. The van der Waals surface area contributed by atoms with Crippen molar-refractivity contribution in [2.24, 2.45) is 18.4 Å². The predicted molar refractivity (Wildman–Crippen MR) is 153 cm³/mol. The molecule has 4 atom stereocenters. The molecular weight excluding hydrogens is 504 g/mol. The van der Waals surface area contributed by atoms with Gasteiger partial charge in [0.25, 0.3) is 0 Å². The quantitative estimate of drug-likeness (QED) is 0.507. The van der Waals surface area contributed by atoms with E-state index in [1.54, 1.807) is 0 Å². The van der Waals surface area contributed by atoms with Gasteiger partial charge in [-0.15, -0.1) is 0 Å². The highest BCUT2D eigenvalue weighted by Crippen LogP contribution is 2.50. The number of fused-ring (bicyclic) bond motifs is 4. The maximum absolute atomic E-state index is 12.9. The molecule has 3 unspecified atom stereocenters. The molecule has 2 aliphatic carbocycles. The number of amides is 1. The number of hydrogen-bond donors (Lipinski definition) is 2. The average Bonchev–Trinajstić information content (AvgIpc) is 3.48. The van der Waals surface area contributed by atoms with Gasteiger partial charge in [-0.1, -0.05) is 6.42 Å². The van der Waals surface area contributed by atoms with Crippen LogP contribution in [-0.2, 0) is 36.1 Å². The molecule has 214 valence electrons. The lowest BCUT2D eigenvalue weighted by Gasteiger charge is -2.49. The highest BCUT2D eigenvalue weighted by molar-refractivity contribution is 5.89. The second kappa shape index (κ2) is 10.1. The van der Waals surface area contributed by atoms with Crippen molar-refractivity contribution >= 4 is 22.6 Å². The van der Waals surface area contributed by atoms with Crippen molar-refractivity contribution in [3.8, 4) is 0 Å². The van der Waals surface area contributed by atoms with E-state index < -0.39 is 0 Å². The summed E-state index contributed by atoms with van der Waals surface area (Å²) in [7, 11) is 1.96. The van der Waals surface area contributed by atoms with Crippen LogP contribution in [0.15, 0.2) is 12.3 Å². The maximum atomic E-state index is 12.9. The number of carbonyl (C=O) groups is 1. The molecule has 2 aliphatic heterocycles. The predicted octanol–water partition coefficient (Wildman–Crippen LogP) is 2.79. The smallest absolute Gasteiger partial charge is 0.239 e. The number of pyridine rings is 1. The Balaban J connectivity index is 1.07. The Morgan fingerprint density at radius 1 is 1.27 bits per heavy atom. The molecule has 40 heavy (non-hydrogen) atoms. The fourth-order valence-corrected chi connectivity index (χ4v) is 8.00. The summed E-state index contributed by atoms with van der Waals surface area (Å²) in [6.45, 7) is 8.98. The van der Waals surface area contributed by atoms with Crippen molar-refractivity contribution in [2.75, 3.05) is 31.2 Å². The van der Waals surface area contributed by atoms with Crippen LogP contribution >= 0.6 is 0 Å². The Morgan fingerprint density at radius 2 is 2.17 bits per heavy atom. The normalized spacial score (nSPS) is 28.5. The summed E-state index contributed by atoms with van der Waals surface area (Å²) in [4.78, 5) is 20.1. The van der Waals surface area contributed by atoms with Crippen LogP contribution in [0.2, 0.25) is 0 Å². The fraction of sp³-hybridized carbons (Fsp3) is 0.667.